The second-order valence-corrected chi connectivity index (χ2v) is 11.9. The van der Waals surface area contributed by atoms with Gasteiger partial charge in [0.15, 0.2) is 11.6 Å². The molecule has 208 valence electrons. The molecule has 11 nitrogen and oxygen atoms in total. The number of hydrogen-bond donors (Lipinski definition) is 5. The Balaban J connectivity index is 1.96. The SMILES string of the molecule is CCC(CC)(CC1OC(n2cc3c(F)c(C)c(=O)[nH]c3nc2=S)C(O)C1O)OP(=O)(O)C(O)(CC)CC. The van der Waals surface area contributed by atoms with Gasteiger partial charge >= 0.3 is 7.60 Å². The van der Waals surface area contributed by atoms with Gasteiger partial charge in [0.2, 0.25) is 4.77 Å². The molecule has 0 aromatic carbocycles. The maximum absolute atomic E-state index is 14.8. The van der Waals surface area contributed by atoms with E-state index in [2.05, 4.69) is 9.97 Å². The van der Waals surface area contributed by atoms with Crippen LogP contribution in [0.4, 0.5) is 4.39 Å². The molecule has 5 N–H and O–H groups in total. The van der Waals surface area contributed by atoms with E-state index in [1.165, 1.54) is 17.7 Å². The Kier molecular flexibility index (Phi) is 8.83. The summed E-state index contributed by atoms with van der Waals surface area (Å²) in [6.45, 7) is 7.96. The molecule has 1 aliphatic rings. The van der Waals surface area contributed by atoms with E-state index in [0.717, 1.165) is 0 Å². The second-order valence-electron chi connectivity index (χ2n) is 9.53. The maximum atomic E-state index is 14.8. The average molecular weight is 564 g/mol. The van der Waals surface area contributed by atoms with Crippen LogP contribution in [0, 0.1) is 17.5 Å². The van der Waals surface area contributed by atoms with Crippen molar-refractivity contribution in [1.29, 1.82) is 0 Å². The molecule has 3 heterocycles. The summed E-state index contributed by atoms with van der Waals surface area (Å²) in [5.41, 5.74) is -2.13. The van der Waals surface area contributed by atoms with Crippen LogP contribution in [0.15, 0.2) is 11.0 Å². The molecule has 2 aromatic heterocycles. The van der Waals surface area contributed by atoms with Crippen LogP contribution in [0.2, 0.25) is 0 Å². The van der Waals surface area contributed by atoms with E-state index in [-0.39, 0.29) is 53.5 Å². The van der Waals surface area contributed by atoms with Gasteiger partial charge in [0, 0.05) is 12.6 Å². The number of ether oxygens (including phenoxy) is 1. The highest BCUT2D eigenvalue weighted by atomic mass is 32.1. The first-order chi connectivity index (χ1) is 17.2. The lowest BCUT2D eigenvalue weighted by Crippen LogP contribution is -2.42. The smallest absolute Gasteiger partial charge is 0.359 e. The van der Waals surface area contributed by atoms with E-state index in [9.17, 15) is 34.0 Å². The van der Waals surface area contributed by atoms with Crippen LogP contribution in [0.25, 0.3) is 11.0 Å². The number of H-pyrrole nitrogens is 1. The van der Waals surface area contributed by atoms with E-state index in [0.29, 0.717) is 0 Å². The van der Waals surface area contributed by atoms with Crippen LogP contribution in [-0.4, -0.2) is 64.0 Å². The molecule has 0 amide bonds. The van der Waals surface area contributed by atoms with E-state index < -0.39 is 54.5 Å². The molecule has 2 aromatic rings. The van der Waals surface area contributed by atoms with Gasteiger partial charge in [0.05, 0.1) is 22.7 Å². The molecule has 0 bridgehead atoms. The van der Waals surface area contributed by atoms with Gasteiger partial charge in [-0.15, -0.1) is 0 Å². The van der Waals surface area contributed by atoms with E-state index in [4.69, 9.17) is 21.5 Å². The predicted octanol–water partition coefficient (Wildman–Crippen LogP) is 3.18. The number of hydrogen-bond acceptors (Lipinski definition) is 9. The van der Waals surface area contributed by atoms with Gasteiger partial charge in [-0.3, -0.25) is 18.5 Å². The Morgan fingerprint density at radius 3 is 2.35 bits per heavy atom. The number of fused-ring (bicyclic) bond motifs is 1. The average Bonchev–Trinajstić information content (AvgIpc) is 3.13. The standard InChI is InChI=1S/C23H35FN3O8PS/c1-6-22(7-2,35-36(32,33)23(31,8-3)9-4)10-14-16(28)17(29)20(34-14)27-11-13-15(24)12(5)19(30)25-18(13)26-21(27)37/h11,14,16-17,20,28-29,31H,6-10H2,1-5H3,(H,32,33)(H,25,26,30,37). The zero-order valence-corrected chi connectivity index (χ0v) is 23.2. The molecule has 1 aliphatic heterocycles. The van der Waals surface area contributed by atoms with E-state index in [1.807, 2.05) is 0 Å². The van der Waals surface area contributed by atoms with Gasteiger partial charge < -0.3 is 29.9 Å². The van der Waals surface area contributed by atoms with Crippen molar-refractivity contribution in [3.8, 4) is 0 Å². The highest BCUT2D eigenvalue weighted by Gasteiger charge is 2.52. The van der Waals surface area contributed by atoms with Crippen LogP contribution in [-0.2, 0) is 13.8 Å². The Morgan fingerprint density at radius 1 is 1.22 bits per heavy atom. The minimum absolute atomic E-state index is 0.00135. The highest BCUT2D eigenvalue weighted by Crippen LogP contribution is 2.61. The Bertz CT molecular complexity index is 1310. The molecule has 5 atom stereocenters. The van der Waals surface area contributed by atoms with Crippen LogP contribution >= 0.6 is 19.8 Å². The molecule has 5 unspecified atom stereocenters. The number of nitrogens with zero attached hydrogens (tertiary/aromatic N) is 2. The molecule has 1 saturated heterocycles. The van der Waals surface area contributed by atoms with Crippen molar-refractivity contribution in [2.75, 3.05) is 0 Å². The van der Waals surface area contributed by atoms with Gasteiger partial charge in [0.1, 0.15) is 23.7 Å². The van der Waals surface area contributed by atoms with Crippen molar-refractivity contribution in [3.63, 3.8) is 0 Å². The molecule has 1 fully saturated rings. The molecule has 37 heavy (non-hydrogen) atoms. The lowest BCUT2D eigenvalue weighted by molar-refractivity contribution is -0.0776. The lowest BCUT2D eigenvalue weighted by atomic mass is 9.88. The number of nitrogens with one attached hydrogen (secondary N) is 1. The molecular weight excluding hydrogens is 528 g/mol. The maximum Gasteiger partial charge on any atom is 0.359 e. The fourth-order valence-corrected chi connectivity index (χ4v) is 6.68. The van der Waals surface area contributed by atoms with Crippen molar-refractivity contribution in [2.24, 2.45) is 0 Å². The van der Waals surface area contributed by atoms with Crippen molar-refractivity contribution in [1.82, 2.24) is 14.5 Å². The molecular formula is C23H35FN3O8PS. The third-order valence-corrected chi connectivity index (χ3v) is 10.2. The third-order valence-electron chi connectivity index (χ3n) is 7.54. The lowest BCUT2D eigenvalue weighted by Gasteiger charge is -2.40. The van der Waals surface area contributed by atoms with Gasteiger partial charge in [-0.2, -0.15) is 0 Å². The normalized spacial score (nSPS) is 24.5. The van der Waals surface area contributed by atoms with Gasteiger partial charge in [-0.05, 0) is 44.8 Å². The monoisotopic (exact) mass is 563 g/mol. The predicted molar refractivity (Wildman–Crippen MR) is 136 cm³/mol. The first-order valence-corrected chi connectivity index (χ1v) is 14.3. The fraction of sp³-hybridized carbons (Fsp3) is 0.696. The first-order valence-electron chi connectivity index (χ1n) is 12.3. The summed E-state index contributed by atoms with van der Waals surface area (Å²) in [7, 11) is -4.53. The molecule has 0 radical (unpaired) electrons. The van der Waals surface area contributed by atoms with Crippen molar-refractivity contribution in [2.45, 2.75) is 102 Å². The van der Waals surface area contributed by atoms with Crippen molar-refractivity contribution in [3.05, 3.63) is 32.7 Å². The quantitative estimate of drug-likeness (QED) is 0.214. The van der Waals surface area contributed by atoms with Crippen molar-refractivity contribution < 1.29 is 38.4 Å². The summed E-state index contributed by atoms with van der Waals surface area (Å²) in [4.78, 5) is 29.1. The van der Waals surface area contributed by atoms with Crippen molar-refractivity contribution >= 4 is 30.8 Å². The summed E-state index contributed by atoms with van der Waals surface area (Å²) in [5.74, 6) is -0.804. The van der Waals surface area contributed by atoms with Gasteiger partial charge in [0.25, 0.3) is 5.56 Å². The van der Waals surface area contributed by atoms with Crippen LogP contribution in [0.5, 0.6) is 0 Å². The summed E-state index contributed by atoms with van der Waals surface area (Å²) in [6, 6.07) is 0. The van der Waals surface area contributed by atoms with Gasteiger partial charge in [-0.25, -0.2) is 9.37 Å². The largest absolute Gasteiger partial charge is 0.388 e. The van der Waals surface area contributed by atoms with Crippen LogP contribution in [0.1, 0.15) is 71.6 Å². The third kappa shape index (κ3) is 5.33. The minimum Gasteiger partial charge on any atom is -0.388 e. The molecule has 3 rings (SSSR count). The summed E-state index contributed by atoms with van der Waals surface area (Å²) in [5, 5.41) is 30.4. The van der Waals surface area contributed by atoms with Gasteiger partial charge in [-0.1, -0.05) is 27.7 Å². The zero-order chi connectivity index (χ0) is 27.9. The second kappa shape index (κ2) is 10.9. The van der Waals surface area contributed by atoms with Crippen LogP contribution < -0.4 is 5.56 Å². The summed E-state index contributed by atoms with van der Waals surface area (Å²) >= 11 is 5.27. The number of aromatic amines is 1. The number of halogens is 1. The van der Waals surface area contributed by atoms with E-state index in [1.54, 1.807) is 27.7 Å². The first kappa shape index (κ1) is 30.0. The number of aliphatic hydroxyl groups is 3. The number of aromatic nitrogens is 3. The van der Waals surface area contributed by atoms with E-state index >= 15 is 0 Å². The summed E-state index contributed by atoms with van der Waals surface area (Å²) < 4.78 is 40.7. The molecule has 0 aliphatic carbocycles. The molecule has 0 saturated carbocycles. The number of rotatable bonds is 10. The topological polar surface area (TPSA) is 167 Å². The number of aliphatic hydroxyl groups excluding tert-OH is 2. The molecule has 0 spiro atoms. The fourth-order valence-electron chi connectivity index (χ4n) is 4.61. The van der Waals surface area contributed by atoms with Crippen LogP contribution in [0.3, 0.4) is 0 Å². The minimum atomic E-state index is -4.53. The zero-order valence-electron chi connectivity index (χ0n) is 21.5. The summed E-state index contributed by atoms with van der Waals surface area (Å²) in [6.07, 6.45) is -3.60. The Morgan fingerprint density at radius 2 is 1.81 bits per heavy atom. The number of pyridine rings is 1. The Labute approximate surface area is 218 Å². The highest BCUT2D eigenvalue weighted by molar-refractivity contribution is 7.71. The Hall–Kier alpha value is -1.57. The molecule has 14 heteroatoms.